The van der Waals surface area contributed by atoms with Crippen molar-refractivity contribution in [1.82, 2.24) is 5.32 Å². The van der Waals surface area contributed by atoms with E-state index in [1.807, 2.05) is 39.0 Å². The van der Waals surface area contributed by atoms with E-state index in [1.165, 1.54) is 0 Å². The fourth-order valence-corrected chi connectivity index (χ4v) is 1.77. The zero-order valence-corrected chi connectivity index (χ0v) is 13.5. The molecule has 1 aromatic rings. The van der Waals surface area contributed by atoms with E-state index < -0.39 is 12.1 Å². The van der Waals surface area contributed by atoms with Gasteiger partial charge in [-0.3, -0.25) is 9.59 Å². The first-order valence-corrected chi connectivity index (χ1v) is 7.22. The lowest BCUT2D eigenvalue weighted by atomic mass is 10.1. The molecule has 0 radical (unpaired) electrons. The number of hydrogen-bond donors (Lipinski definition) is 1. The van der Waals surface area contributed by atoms with E-state index >= 15 is 0 Å². The minimum absolute atomic E-state index is 0.193. The van der Waals surface area contributed by atoms with Crippen molar-refractivity contribution in [1.29, 1.82) is 5.26 Å². The van der Waals surface area contributed by atoms with Gasteiger partial charge in [-0.1, -0.05) is 12.1 Å². The summed E-state index contributed by atoms with van der Waals surface area (Å²) in [6.45, 7) is 7.15. The molecule has 0 aliphatic carbocycles. The van der Waals surface area contributed by atoms with Gasteiger partial charge in [0.1, 0.15) is 0 Å². The summed E-state index contributed by atoms with van der Waals surface area (Å²) in [5.74, 6) is -0.722. The molecule has 1 aromatic carbocycles. The lowest BCUT2D eigenvalue weighted by Crippen LogP contribution is -2.46. The number of hydrogen-bond acceptors (Lipinski definition) is 4. The molecule has 0 bridgehead atoms. The van der Waals surface area contributed by atoms with Crippen LogP contribution >= 0.6 is 0 Å². The number of rotatable bonds is 5. The lowest BCUT2D eigenvalue weighted by molar-refractivity contribution is -0.155. The highest BCUT2D eigenvalue weighted by molar-refractivity contribution is 5.83. The Morgan fingerprint density at radius 2 is 1.86 bits per heavy atom. The Hall–Kier alpha value is -2.35. The second kappa shape index (κ2) is 7.60. The molecular weight excluding hydrogens is 280 g/mol. The molecule has 0 aromatic heterocycles. The molecule has 0 saturated heterocycles. The van der Waals surface area contributed by atoms with Crippen molar-refractivity contribution in [2.45, 2.75) is 52.2 Å². The van der Waals surface area contributed by atoms with Crippen LogP contribution in [0.2, 0.25) is 0 Å². The minimum atomic E-state index is -0.812. The first-order chi connectivity index (χ1) is 10.2. The average molecular weight is 302 g/mol. The number of nitrogens with one attached hydrogen (secondary N) is 1. The van der Waals surface area contributed by atoms with Gasteiger partial charge < -0.3 is 10.1 Å². The van der Waals surface area contributed by atoms with Crippen LogP contribution in [0, 0.1) is 11.3 Å². The highest BCUT2D eigenvalue weighted by atomic mass is 16.5. The van der Waals surface area contributed by atoms with E-state index in [4.69, 9.17) is 10.00 Å². The van der Waals surface area contributed by atoms with Crippen molar-refractivity contribution >= 4 is 11.9 Å². The van der Waals surface area contributed by atoms with E-state index in [-0.39, 0.29) is 17.9 Å². The molecule has 0 unspecified atom stereocenters. The van der Waals surface area contributed by atoms with Crippen molar-refractivity contribution in [3.63, 3.8) is 0 Å². The van der Waals surface area contributed by atoms with Crippen LogP contribution in [0.5, 0.6) is 0 Å². The highest BCUT2D eigenvalue weighted by Crippen LogP contribution is 2.08. The Morgan fingerprint density at radius 3 is 2.36 bits per heavy atom. The zero-order valence-electron chi connectivity index (χ0n) is 13.5. The van der Waals surface area contributed by atoms with Crippen LogP contribution in [-0.4, -0.2) is 23.5 Å². The second-order valence-corrected chi connectivity index (χ2v) is 6.18. The molecule has 0 fully saturated rings. The van der Waals surface area contributed by atoms with Crippen LogP contribution in [0.3, 0.4) is 0 Å². The Bertz CT molecular complexity index is 565. The monoisotopic (exact) mass is 302 g/mol. The van der Waals surface area contributed by atoms with Crippen LogP contribution < -0.4 is 5.32 Å². The topological polar surface area (TPSA) is 79.2 Å². The number of carbonyl (C=O) groups excluding carboxylic acids is 2. The van der Waals surface area contributed by atoms with Crippen LogP contribution in [0.1, 0.15) is 45.2 Å². The van der Waals surface area contributed by atoms with E-state index in [0.717, 1.165) is 5.56 Å². The number of carbonyl (C=O) groups is 2. The third-order valence-electron chi connectivity index (χ3n) is 2.88. The molecule has 0 heterocycles. The maximum atomic E-state index is 11.8. The summed E-state index contributed by atoms with van der Waals surface area (Å²) in [5, 5.41) is 11.5. The lowest BCUT2D eigenvalue weighted by Gasteiger charge is -2.23. The fourth-order valence-electron chi connectivity index (χ4n) is 1.77. The average Bonchev–Trinajstić information content (AvgIpc) is 2.43. The molecule has 5 nitrogen and oxygen atoms in total. The Labute approximate surface area is 131 Å². The SMILES string of the molecule is C[C@@H](OC(=O)CCc1ccc(C#N)cc1)C(=O)NC(C)(C)C. The van der Waals surface area contributed by atoms with Gasteiger partial charge >= 0.3 is 5.97 Å². The first kappa shape index (κ1) is 17.7. The third kappa shape index (κ3) is 6.40. The van der Waals surface area contributed by atoms with Gasteiger partial charge in [0.15, 0.2) is 6.10 Å². The van der Waals surface area contributed by atoms with E-state index in [2.05, 4.69) is 5.32 Å². The van der Waals surface area contributed by atoms with Crippen molar-refractivity contribution in [2.75, 3.05) is 0 Å². The van der Waals surface area contributed by atoms with Gasteiger partial charge in [0.2, 0.25) is 0 Å². The molecule has 0 aliphatic rings. The quantitative estimate of drug-likeness (QED) is 0.847. The van der Waals surface area contributed by atoms with Crippen LogP contribution in [0.25, 0.3) is 0 Å². The molecule has 0 aliphatic heterocycles. The number of ether oxygens (including phenoxy) is 1. The molecular formula is C17H22N2O3. The number of amides is 1. The van der Waals surface area contributed by atoms with Crippen LogP contribution in [0.4, 0.5) is 0 Å². The van der Waals surface area contributed by atoms with Crippen molar-refractivity contribution in [3.8, 4) is 6.07 Å². The summed E-state index contributed by atoms with van der Waals surface area (Å²) in [6.07, 6.45) is -0.107. The van der Waals surface area contributed by atoms with Crippen molar-refractivity contribution in [2.24, 2.45) is 0 Å². The largest absolute Gasteiger partial charge is 0.453 e. The Kier molecular flexibility index (Phi) is 6.11. The first-order valence-electron chi connectivity index (χ1n) is 7.22. The van der Waals surface area contributed by atoms with Crippen LogP contribution in [-0.2, 0) is 20.7 Å². The predicted octanol–water partition coefficient (Wildman–Crippen LogP) is 2.34. The van der Waals surface area contributed by atoms with Gasteiger partial charge in [0.05, 0.1) is 11.6 Å². The van der Waals surface area contributed by atoms with Gasteiger partial charge in [-0.15, -0.1) is 0 Å². The van der Waals surface area contributed by atoms with Crippen LogP contribution in [0.15, 0.2) is 24.3 Å². The normalized spacial score (nSPS) is 12.1. The molecule has 1 N–H and O–H groups in total. The summed E-state index contributed by atoms with van der Waals surface area (Å²) in [4.78, 5) is 23.6. The number of nitrogens with zero attached hydrogens (tertiary/aromatic N) is 1. The van der Waals surface area contributed by atoms with Gasteiger partial charge in [0.25, 0.3) is 5.91 Å². The van der Waals surface area contributed by atoms with Gasteiger partial charge in [-0.05, 0) is 51.8 Å². The molecule has 1 atom stereocenters. The zero-order chi connectivity index (χ0) is 16.8. The van der Waals surface area contributed by atoms with Gasteiger partial charge in [-0.25, -0.2) is 0 Å². The molecule has 1 rings (SSSR count). The van der Waals surface area contributed by atoms with Crippen molar-refractivity contribution in [3.05, 3.63) is 35.4 Å². The van der Waals surface area contributed by atoms with E-state index in [1.54, 1.807) is 19.1 Å². The van der Waals surface area contributed by atoms with Gasteiger partial charge in [0, 0.05) is 12.0 Å². The van der Waals surface area contributed by atoms with E-state index in [0.29, 0.717) is 12.0 Å². The standard InChI is InChI=1S/C17H22N2O3/c1-12(16(21)19-17(2,3)4)22-15(20)10-9-13-5-7-14(11-18)8-6-13/h5-8,12H,9-10H2,1-4H3,(H,19,21)/t12-/m1/s1. The van der Waals surface area contributed by atoms with E-state index in [9.17, 15) is 9.59 Å². The summed E-state index contributed by atoms with van der Waals surface area (Å²) >= 11 is 0. The fraction of sp³-hybridized carbons (Fsp3) is 0.471. The molecule has 22 heavy (non-hydrogen) atoms. The molecule has 5 heteroatoms. The number of nitriles is 1. The summed E-state index contributed by atoms with van der Waals surface area (Å²) < 4.78 is 5.12. The highest BCUT2D eigenvalue weighted by Gasteiger charge is 2.22. The Morgan fingerprint density at radius 1 is 1.27 bits per heavy atom. The summed E-state index contributed by atoms with van der Waals surface area (Å²) in [5.41, 5.74) is 1.17. The maximum Gasteiger partial charge on any atom is 0.306 e. The second-order valence-electron chi connectivity index (χ2n) is 6.18. The number of benzene rings is 1. The third-order valence-corrected chi connectivity index (χ3v) is 2.88. The van der Waals surface area contributed by atoms with Crippen molar-refractivity contribution < 1.29 is 14.3 Å². The Balaban J connectivity index is 2.42. The molecule has 118 valence electrons. The summed E-state index contributed by atoms with van der Waals surface area (Å²) in [7, 11) is 0. The van der Waals surface area contributed by atoms with Gasteiger partial charge in [-0.2, -0.15) is 5.26 Å². The minimum Gasteiger partial charge on any atom is -0.453 e. The smallest absolute Gasteiger partial charge is 0.306 e. The molecule has 0 saturated carbocycles. The summed E-state index contributed by atoms with van der Waals surface area (Å²) in [6, 6.07) is 9.07. The maximum absolute atomic E-state index is 11.8. The number of aryl methyl sites for hydroxylation is 1. The molecule has 0 spiro atoms. The number of esters is 1. The molecule has 1 amide bonds. The predicted molar refractivity (Wildman–Crippen MR) is 82.9 cm³/mol.